The Labute approximate surface area is 147 Å². The van der Waals surface area contributed by atoms with Crippen molar-refractivity contribution in [1.82, 2.24) is 10.2 Å². The Morgan fingerprint density at radius 3 is 2.61 bits per heavy atom. The molecule has 128 valence electrons. The molecule has 0 bridgehead atoms. The van der Waals surface area contributed by atoms with Crippen LogP contribution in [0.1, 0.15) is 37.2 Å². The van der Waals surface area contributed by atoms with Crippen molar-refractivity contribution in [1.29, 1.82) is 0 Å². The summed E-state index contributed by atoms with van der Waals surface area (Å²) in [6, 6.07) is 6.25. The Balaban J connectivity index is 1.86. The third-order valence-electron chi connectivity index (χ3n) is 5.35. The lowest BCUT2D eigenvalue weighted by atomic mass is 9.80. The van der Waals surface area contributed by atoms with Crippen LogP contribution >= 0.6 is 15.9 Å². The Morgan fingerprint density at radius 1 is 1.30 bits per heavy atom. The van der Waals surface area contributed by atoms with Crippen LogP contribution < -0.4 is 10.1 Å². The van der Waals surface area contributed by atoms with Gasteiger partial charge in [-0.25, -0.2) is 0 Å². The molecule has 1 aromatic rings. The van der Waals surface area contributed by atoms with Gasteiger partial charge in [0.15, 0.2) is 0 Å². The molecule has 1 saturated carbocycles. The maximum atomic E-state index is 11.3. The first-order chi connectivity index (χ1) is 11.1. The van der Waals surface area contributed by atoms with Gasteiger partial charge in [0.05, 0.1) is 17.2 Å². The number of hydrogen-bond acceptors (Lipinski definition) is 4. The van der Waals surface area contributed by atoms with Crippen LogP contribution in [-0.4, -0.2) is 55.4 Å². The van der Waals surface area contributed by atoms with Crippen molar-refractivity contribution in [2.45, 2.75) is 37.2 Å². The summed E-state index contributed by atoms with van der Waals surface area (Å²) in [5.74, 6) is 0.999. The molecule has 2 aliphatic rings. The second-order valence-corrected chi connectivity index (χ2v) is 7.66. The van der Waals surface area contributed by atoms with Gasteiger partial charge in [-0.1, -0.05) is 18.9 Å². The summed E-state index contributed by atoms with van der Waals surface area (Å²) in [5.41, 5.74) is 0.638. The number of nitrogens with zero attached hydrogens (tertiary/aromatic N) is 1. The quantitative estimate of drug-likeness (QED) is 0.821. The van der Waals surface area contributed by atoms with Crippen LogP contribution in [-0.2, 0) is 0 Å². The van der Waals surface area contributed by atoms with E-state index < -0.39 is 5.60 Å². The topological polar surface area (TPSA) is 44.7 Å². The van der Waals surface area contributed by atoms with Crippen molar-refractivity contribution in [3.8, 4) is 5.75 Å². The standard InChI is InChI=1S/C18H27BrN2O2/c1-23-17-5-4-14(12-16(17)19)15(18(22)6-2-3-7-18)13-21-10-8-20-9-11-21/h4-5,12,15,20,22H,2-3,6-11,13H2,1H3. The van der Waals surface area contributed by atoms with Gasteiger partial charge in [-0.15, -0.1) is 0 Å². The molecule has 1 atom stereocenters. The summed E-state index contributed by atoms with van der Waals surface area (Å²) < 4.78 is 6.31. The highest BCUT2D eigenvalue weighted by molar-refractivity contribution is 9.10. The van der Waals surface area contributed by atoms with Crippen molar-refractivity contribution in [3.05, 3.63) is 28.2 Å². The number of halogens is 1. The number of methoxy groups -OCH3 is 1. The zero-order valence-corrected chi connectivity index (χ0v) is 15.4. The minimum atomic E-state index is -0.571. The summed E-state index contributed by atoms with van der Waals surface area (Å²) in [7, 11) is 1.68. The van der Waals surface area contributed by atoms with E-state index in [1.54, 1.807) is 7.11 Å². The van der Waals surface area contributed by atoms with Gasteiger partial charge in [-0.05, 0) is 46.5 Å². The summed E-state index contributed by atoms with van der Waals surface area (Å²) in [6.07, 6.45) is 4.08. The monoisotopic (exact) mass is 382 g/mol. The van der Waals surface area contributed by atoms with Crippen molar-refractivity contribution < 1.29 is 9.84 Å². The fourth-order valence-corrected chi connectivity index (χ4v) is 4.53. The molecular formula is C18H27BrN2O2. The van der Waals surface area contributed by atoms with Crippen LogP contribution in [0.4, 0.5) is 0 Å². The maximum Gasteiger partial charge on any atom is 0.133 e. The molecule has 0 radical (unpaired) electrons. The van der Waals surface area contributed by atoms with Gasteiger partial charge in [0.25, 0.3) is 0 Å². The summed E-state index contributed by atoms with van der Waals surface area (Å²) >= 11 is 3.60. The molecule has 2 N–H and O–H groups in total. The lowest BCUT2D eigenvalue weighted by Gasteiger charge is -2.38. The van der Waals surface area contributed by atoms with Gasteiger partial charge in [0.2, 0.25) is 0 Å². The lowest BCUT2D eigenvalue weighted by molar-refractivity contribution is 0.00494. The van der Waals surface area contributed by atoms with Crippen molar-refractivity contribution in [2.75, 3.05) is 39.8 Å². The molecule has 1 aliphatic heterocycles. The van der Waals surface area contributed by atoms with E-state index in [0.29, 0.717) is 0 Å². The van der Waals surface area contributed by atoms with E-state index in [2.05, 4.69) is 38.3 Å². The van der Waals surface area contributed by atoms with Crippen LogP contribution in [0.25, 0.3) is 0 Å². The number of rotatable bonds is 5. The molecule has 0 spiro atoms. The number of piperazine rings is 1. The second-order valence-electron chi connectivity index (χ2n) is 6.81. The molecular weight excluding hydrogens is 356 g/mol. The van der Waals surface area contributed by atoms with Crippen LogP contribution in [0.5, 0.6) is 5.75 Å². The normalized spacial score (nSPS) is 22.9. The fourth-order valence-electron chi connectivity index (χ4n) is 3.97. The molecule has 1 aromatic carbocycles. The number of nitrogens with one attached hydrogen (secondary N) is 1. The molecule has 1 aliphatic carbocycles. The van der Waals surface area contributed by atoms with Crippen molar-refractivity contribution in [2.24, 2.45) is 0 Å². The molecule has 1 heterocycles. The predicted molar refractivity (Wildman–Crippen MR) is 96.2 cm³/mol. The van der Waals surface area contributed by atoms with Gasteiger partial charge in [-0.3, -0.25) is 0 Å². The second kappa shape index (κ2) is 7.51. The third kappa shape index (κ3) is 3.90. The summed E-state index contributed by atoms with van der Waals surface area (Å²) in [4.78, 5) is 2.48. The predicted octanol–water partition coefficient (Wildman–Crippen LogP) is 2.75. The number of ether oxygens (including phenoxy) is 1. The Kier molecular flexibility index (Phi) is 5.62. The summed E-state index contributed by atoms with van der Waals surface area (Å²) in [6.45, 7) is 5.12. The van der Waals surface area contributed by atoms with Gasteiger partial charge in [0.1, 0.15) is 5.75 Å². The van der Waals surface area contributed by atoms with E-state index in [4.69, 9.17) is 4.74 Å². The van der Waals surface area contributed by atoms with Gasteiger partial charge in [-0.2, -0.15) is 0 Å². The largest absolute Gasteiger partial charge is 0.496 e. The molecule has 0 aromatic heterocycles. The highest BCUT2D eigenvalue weighted by Crippen LogP contribution is 2.43. The molecule has 23 heavy (non-hydrogen) atoms. The molecule has 3 rings (SSSR count). The Morgan fingerprint density at radius 2 is 2.00 bits per heavy atom. The van der Waals surface area contributed by atoms with Crippen LogP contribution in [0.2, 0.25) is 0 Å². The molecule has 1 unspecified atom stereocenters. The molecule has 4 nitrogen and oxygen atoms in total. The van der Waals surface area contributed by atoms with E-state index in [9.17, 15) is 5.11 Å². The van der Waals surface area contributed by atoms with E-state index in [-0.39, 0.29) is 5.92 Å². The van der Waals surface area contributed by atoms with E-state index in [0.717, 1.165) is 68.6 Å². The summed E-state index contributed by atoms with van der Waals surface area (Å²) in [5, 5.41) is 14.7. The van der Waals surface area contributed by atoms with Crippen molar-refractivity contribution in [3.63, 3.8) is 0 Å². The Hall–Kier alpha value is -0.620. The van der Waals surface area contributed by atoms with E-state index in [1.807, 2.05) is 6.07 Å². The SMILES string of the molecule is COc1ccc(C(CN2CCNCC2)C2(O)CCCC2)cc1Br. The first-order valence-electron chi connectivity index (χ1n) is 8.61. The minimum absolute atomic E-state index is 0.158. The number of hydrogen-bond donors (Lipinski definition) is 2. The first-order valence-corrected chi connectivity index (χ1v) is 9.40. The highest BCUT2D eigenvalue weighted by Gasteiger charge is 2.41. The molecule has 1 saturated heterocycles. The Bertz CT molecular complexity index is 526. The fraction of sp³-hybridized carbons (Fsp3) is 0.667. The maximum absolute atomic E-state index is 11.3. The smallest absolute Gasteiger partial charge is 0.133 e. The lowest BCUT2D eigenvalue weighted by Crippen LogP contribution is -2.48. The average Bonchev–Trinajstić information content (AvgIpc) is 3.01. The van der Waals surface area contributed by atoms with Crippen LogP contribution in [0.3, 0.4) is 0 Å². The third-order valence-corrected chi connectivity index (χ3v) is 5.97. The van der Waals surface area contributed by atoms with Gasteiger partial charge >= 0.3 is 0 Å². The van der Waals surface area contributed by atoms with Crippen LogP contribution in [0.15, 0.2) is 22.7 Å². The molecule has 5 heteroatoms. The average molecular weight is 383 g/mol. The minimum Gasteiger partial charge on any atom is -0.496 e. The van der Waals surface area contributed by atoms with E-state index in [1.165, 1.54) is 5.56 Å². The van der Waals surface area contributed by atoms with Gasteiger partial charge < -0.3 is 20.1 Å². The van der Waals surface area contributed by atoms with Gasteiger partial charge in [0, 0.05) is 38.6 Å². The zero-order chi connectivity index (χ0) is 16.3. The van der Waals surface area contributed by atoms with Crippen LogP contribution in [0, 0.1) is 0 Å². The van der Waals surface area contributed by atoms with E-state index >= 15 is 0 Å². The van der Waals surface area contributed by atoms with Crippen molar-refractivity contribution >= 4 is 15.9 Å². The molecule has 0 amide bonds. The number of benzene rings is 1. The first kappa shape index (κ1) is 17.2. The molecule has 2 fully saturated rings. The number of aliphatic hydroxyl groups is 1. The highest BCUT2D eigenvalue weighted by atomic mass is 79.9. The zero-order valence-electron chi connectivity index (χ0n) is 13.9.